The second-order valence-electron chi connectivity index (χ2n) is 9.02. The first-order valence-electron chi connectivity index (χ1n) is 11.6. The van der Waals surface area contributed by atoms with Gasteiger partial charge in [-0.1, -0.05) is 36.4 Å². The van der Waals surface area contributed by atoms with E-state index < -0.39 is 0 Å². The van der Waals surface area contributed by atoms with E-state index in [0.29, 0.717) is 23.5 Å². The molecule has 0 aliphatic carbocycles. The number of carbonyl (C=O) groups excluding carboxylic acids is 1. The van der Waals surface area contributed by atoms with Gasteiger partial charge in [0.1, 0.15) is 0 Å². The zero-order chi connectivity index (χ0) is 23.7. The van der Waals surface area contributed by atoms with E-state index in [2.05, 4.69) is 17.3 Å². The number of amides is 1. The minimum Gasteiger partial charge on any atom is -0.397 e. The molecule has 1 saturated heterocycles. The van der Waals surface area contributed by atoms with Crippen LogP contribution in [0.1, 0.15) is 34.8 Å². The SMILES string of the molecule is CN1CCCC(n2c(=O)n(Cc3ccc(C(=O)Nc4ccccc4N)cc3)c3ccccc32)C1. The molecule has 7 heteroatoms. The highest BCUT2D eigenvalue weighted by Crippen LogP contribution is 2.25. The number of hydrogen-bond donors (Lipinski definition) is 2. The van der Waals surface area contributed by atoms with E-state index in [1.807, 2.05) is 57.7 Å². The largest absolute Gasteiger partial charge is 0.397 e. The number of carbonyl (C=O) groups is 1. The molecule has 1 aliphatic rings. The van der Waals surface area contributed by atoms with E-state index in [1.165, 1.54) is 0 Å². The molecule has 5 rings (SSSR count). The lowest BCUT2D eigenvalue weighted by atomic mass is 10.1. The molecule has 4 aromatic rings. The monoisotopic (exact) mass is 455 g/mol. The number of hydrogen-bond acceptors (Lipinski definition) is 4. The maximum Gasteiger partial charge on any atom is 0.329 e. The Bertz CT molecular complexity index is 1390. The molecule has 3 N–H and O–H groups in total. The predicted octanol–water partition coefficient (Wildman–Crippen LogP) is 3.95. The van der Waals surface area contributed by atoms with Crippen molar-refractivity contribution in [3.8, 4) is 0 Å². The van der Waals surface area contributed by atoms with Crippen LogP contribution in [0, 0.1) is 0 Å². The molecule has 1 unspecified atom stereocenters. The Morgan fingerprint density at radius 1 is 1.00 bits per heavy atom. The van der Waals surface area contributed by atoms with Gasteiger partial charge >= 0.3 is 5.69 Å². The summed E-state index contributed by atoms with van der Waals surface area (Å²) in [6.45, 7) is 2.40. The Balaban J connectivity index is 1.40. The summed E-state index contributed by atoms with van der Waals surface area (Å²) in [5.74, 6) is -0.223. The van der Waals surface area contributed by atoms with Gasteiger partial charge in [-0.05, 0) is 68.4 Å². The minimum atomic E-state index is -0.223. The highest BCUT2D eigenvalue weighted by molar-refractivity contribution is 6.05. The number of aromatic nitrogens is 2. The van der Waals surface area contributed by atoms with Gasteiger partial charge in [-0.15, -0.1) is 0 Å². The molecule has 3 aromatic carbocycles. The number of imidazole rings is 1. The highest BCUT2D eigenvalue weighted by Gasteiger charge is 2.24. The quantitative estimate of drug-likeness (QED) is 0.446. The summed E-state index contributed by atoms with van der Waals surface area (Å²) in [6, 6.07) is 22.7. The molecule has 0 saturated carbocycles. The zero-order valence-corrected chi connectivity index (χ0v) is 19.3. The van der Waals surface area contributed by atoms with Crippen molar-refractivity contribution in [2.45, 2.75) is 25.4 Å². The van der Waals surface area contributed by atoms with E-state index in [0.717, 1.165) is 42.5 Å². The maximum atomic E-state index is 13.5. The lowest BCUT2D eigenvalue weighted by molar-refractivity contribution is 0.102. The third-order valence-corrected chi connectivity index (χ3v) is 6.60. The lowest BCUT2D eigenvalue weighted by Crippen LogP contribution is -2.38. The molecule has 1 aromatic heterocycles. The zero-order valence-electron chi connectivity index (χ0n) is 19.3. The van der Waals surface area contributed by atoms with Crippen LogP contribution < -0.4 is 16.7 Å². The molecule has 2 heterocycles. The summed E-state index contributed by atoms with van der Waals surface area (Å²) < 4.78 is 3.81. The number of para-hydroxylation sites is 4. The van der Waals surface area contributed by atoms with Gasteiger partial charge in [0, 0.05) is 12.1 Å². The first-order chi connectivity index (χ1) is 16.5. The summed E-state index contributed by atoms with van der Waals surface area (Å²) in [5, 5.41) is 2.85. The molecule has 174 valence electrons. The van der Waals surface area contributed by atoms with Crippen LogP contribution in [0.15, 0.2) is 77.6 Å². The van der Waals surface area contributed by atoms with Gasteiger partial charge in [0.2, 0.25) is 0 Å². The van der Waals surface area contributed by atoms with Gasteiger partial charge in [-0.25, -0.2) is 4.79 Å². The number of fused-ring (bicyclic) bond motifs is 1. The van der Waals surface area contributed by atoms with Crippen LogP contribution in [0.25, 0.3) is 11.0 Å². The first-order valence-corrected chi connectivity index (χ1v) is 11.6. The number of likely N-dealkylation sites (N-methyl/N-ethyl adjacent to an activating group) is 1. The molecular formula is C27H29N5O2. The van der Waals surface area contributed by atoms with Crippen LogP contribution in [-0.2, 0) is 6.54 Å². The second-order valence-corrected chi connectivity index (χ2v) is 9.02. The van der Waals surface area contributed by atoms with Crippen molar-refractivity contribution in [1.82, 2.24) is 14.0 Å². The van der Waals surface area contributed by atoms with Gasteiger partial charge in [0.25, 0.3) is 5.91 Å². The Kier molecular flexibility index (Phi) is 5.94. The van der Waals surface area contributed by atoms with Crippen LogP contribution in [0.5, 0.6) is 0 Å². The van der Waals surface area contributed by atoms with E-state index >= 15 is 0 Å². The smallest absolute Gasteiger partial charge is 0.329 e. The number of nitrogens with zero attached hydrogens (tertiary/aromatic N) is 3. The molecule has 0 spiro atoms. The van der Waals surface area contributed by atoms with Crippen molar-refractivity contribution >= 4 is 28.3 Å². The number of anilines is 2. The van der Waals surface area contributed by atoms with Crippen LogP contribution >= 0.6 is 0 Å². The molecule has 1 aliphatic heterocycles. The number of piperidine rings is 1. The van der Waals surface area contributed by atoms with Crippen molar-refractivity contribution in [3.05, 3.63) is 94.4 Å². The van der Waals surface area contributed by atoms with Crippen molar-refractivity contribution in [2.24, 2.45) is 0 Å². The molecule has 34 heavy (non-hydrogen) atoms. The van der Waals surface area contributed by atoms with Crippen LogP contribution in [0.3, 0.4) is 0 Å². The normalized spacial score (nSPS) is 16.6. The van der Waals surface area contributed by atoms with Crippen LogP contribution in [0.4, 0.5) is 11.4 Å². The maximum absolute atomic E-state index is 13.5. The summed E-state index contributed by atoms with van der Waals surface area (Å²) in [5.41, 5.74) is 10.5. The average Bonchev–Trinajstić information content (AvgIpc) is 3.12. The number of likely N-dealkylation sites (tertiary alicyclic amines) is 1. The fourth-order valence-electron chi connectivity index (χ4n) is 4.84. The topological polar surface area (TPSA) is 85.3 Å². The Hall–Kier alpha value is -3.84. The van der Waals surface area contributed by atoms with Crippen molar-refractivity contribution in [3.63, 3.8) is 0 Å². The third-order valence-electron chi connectivity index (χ3n) is 6.60. The molecule has 1 amide bonds. The number of rotatable bonds is 5. The van der Waals surface area contributed by atoms with E-state index in [-0.39, 0.29) is 17.6 Å². The van der Waals surface area contributed by atoms with E-state index in [4.69, 9.17) is 5.73 Å². The number of benzene rings is 3. The Labute approximate surface area is 198 Å². The fourth-order valence-corrected chi connectivity index (χ4v) is 4.84. The van der Waals surface area contributed by atoms with Gasteiger partial charge in [-0.2, -0.15) is 0 Å². The first kappa shape index (κ1) is 22.0. The van der Waals surface area contributed by atoms with E-state index in [1.54, 1.807) is 24.3 Å². The van der Waals surface area contributed by atoms with Crippen molar-refractivity contribution in [2.75, 3.05) is 31.2 Å². The molecule has 1 atom stereocenters. The third kappa shape index (κ3) is 4.22. The van der Waals surface area contributed by atoms with Crippen LogP contribution in [0.2, 0.25) is 0 Å². The lowest BCUT2D eigenvalue weighted by Gasteiger charge is -2.30. The minimum absolute atomic E-state index is 0.0165. The molecular weight excluding hydrogens is 426 g/mol. The van der Waals surface area contributed by atoms with Gasteiger partial charge < -0.3 is 16.0 Å². The van der Waals surface area contributed by atoms with Crippen molar-refractivity contribution in [1.29, 1.82) is 0 Å². The highest BCUT2D eigenvalue weighted by atomic mass is 16.2. The summed E-state index contributed by atoms with van der Waals surface area (Å²) in [7, 11) is 2.11. The van der Waals surface area contributed by atoms with Crippen LogP contribution in [-0.4, -0.2) is 40.1 Å². The summed E-state index contributed by atoms with van der Waals surface area (Å²) in [6.07, 6.45) is 2.10. The second kappa shape index (κ2) is 9.19. The summed E-state index contributed by atoms with van der Waals surface area (Å²) in [4.78, 5) is 28.5. The number of nitrogen functional groups attached to an aromatic ring is 1. The number of nitrogens with one attached hydrogen (secondary N) is 1. The fraction of sp³-hybridized carbons (Fsp3) is 0.259. The molecule has 0 bridgehead atoms. The van der Waals surface area contributed by atoms with E-state index in [9.17, 15) is 9.59 Å². The Morgan fingerprint density at radius 3 is 2.44 bits per heavy atom. The average molecular weight is 456 g/mol. The molecule has 7 nitrogen and oxygen atoms in total. The predicted molar refractivity (Wildman–Crippen MR) is 136 cm³/mol. The van der Waals surface area contributed by atoms with Crippen molar-refractivity contribution < 1.29 is 4.79 Å². The molecule has 1 fully saturated rings. The van der Waals surface area contributed by atoms with Gasteiger partial charge in [0.15, 0.2) is 0 Å². The number of nitrogens with two attached hydrogens (primary N) is 1. The van der Waals surface area contributed by atoms with Gasteiger partial charge in [0.05, 0.1) is 35.0 Å². The molecule has 0 radical (unpaired) electrons. The Morgan fingerprint density at radius 2 is 1.71 bits per heavy atom. The summed E-state index contributed by atoms with van der Waals surface area (Å²) >= 11 is 0. The standard InChI is InChI=1S/C27H29N5O2/c1-30-16-6-7-21(18-30)32-25-11-5-4-10-24(25)31(27(32)34)17-19-12-14-20(15-13-19)26(33)29-23-9-3-2-8-22(23)28/h2-5,8-15,21H,6-7,16-18,28H2,1H3,(H,29,33). The van der Waals surface area contributed by atoms with Gasteiger partial charge in [-0.3, -0.25) is 13.9 Å².